The second-order valence-corrected chi connectivity index (χ2v) is 4.32. The summed E-state index contributed by atoms with van der Waals surface area (Å²) in [5.74, 6) is 1.32. The molecule has 1 aliphatic rings. The standard InChI is InChI=1S/C11H23NO/c1-5-9(6-2)10-7-12-11(13-10)8(3)4/h8-12H,5-7H2,1-4H3. The average Bonchev–Trinajstić information content (AvgIpc) is 2.56. The maximum absolute atomic E-state index is 5.96. The summed E-state index contributed by atoms with van der Waals surface area (Å²) in [6.07, 6.45) is 3.19. The molecule has 2 heteroatoms. The molecule has 1 heterocycles. The molecule has 0 aromatic carbocycles. The quantitative estimate of drug-likeness (QED) is 0.726. The van der Waals surface area contributed by atoms with E-state index in [0.29, 0.717) is 12.0 Å². The Morgan fingerprint density at radius 3 is 2.31 bits per heavy atom. The van der Waals surface area contributed by atoms with Gasteiger partial charge in [-0.25, -0.2) is 0 Å². The molecule has 1 fully saturated rings. The molecule has 0 bridgehead atoms. The lowest BCUT2D eigenvalue weighted by atomic mass is 9.97. The van der Waals surface area contributed by atoms with Crippen LogP contribution in [-0.2, 0) is 4.74 Å². The lowest BCUT2D eigenvalue weighted by Gasteiger charge is -2.21. The van der Waals surface area contributed by atoms with Gasteiger partial charge >= 0.3 is 0 Å². The third kappa shape index (κ3) is 2.68. The van der Waals surface area contributed by atoms with E-state index in [0.717, 1.165) is 12.5 Å². The number of rotatable bonds is 4. The molecule has 0 aliphatic carbocycles. The van der Waals surface area contributed by atoms with Crippen molar-refractivity contribution in [1.82, 2.24) is 5.32 Å². The van der Waals surface area contributed by atoms with Crippen molar-refractivity contribution >= 4 is 0 Å². The molecule has 1 saturated heterocycles. The molecule has 2 atom stereocenters. The minimum atomic E-state index is 0.283. The van der Waals surface area contributed by atoms with Gasteiger partial charge in [0.15, 0.2) is 0 Å². The molecular weight excluding hydrogens is 162 g/mol. The van der Waals surface area contributed by atoms with E-state index >= 15 is 0 Å². The molecule has 1 N–H and O–H groups in total. The topological polar surface area (TPSA) is 21.3 Å². The molecule has 0 amide bonds. The largest absolute Gasteiger partial charge is 0.358 e. The van der Waals surface area contributed by atoms with Gasteiger partial charge in [0.05, 0.1) is 6.10 Å². The lowest BCUT2D eigenvalue weighted by molar-refractivity contribution is -0.0139. The van der Waals surface area contributed by atoms with Gasteiger partial charge in [0.25, 0.3) is 0 Å². The van der Waals surface area contributed by atoms with E-state index in [-0.39, 0.29) is 6.23 Å². The van der Waals surface area contributed by atoms with Crippen LogP contribution in [0.3, 0.4) is 0 Å². The van der Waals surface area contributed by atoms with Crippen LogP contribution in [0.4, 0.5) is 0 Å². The highest BCUT2D eigenvalue weighted by molar-refractivity contribution is 4.79. The zero-order valence-corrected chi connectivity index (χ0v) is 9.34. The predicted molar refractivity (Wildman–Crippen MR) is 55.6 cm³/mol. The molecule has 0 radical (unpaired) electrons. The van der Waals surface area contributed by atoms with Gasteiger partial charge in [0.2, 0.25) is 0 Å². The Morgan fingerprint density at radius 2 is 1.92 bits per heavy atom. The van der Waals surface area contributed by atoms with Crippen molar-refractivity contribution in [2.45, 2.75) is 52.9 Å². The Kier molecular flexibility index (Phi) is 4.20. The van der Waals surface area contributed by atoms with Crippen LogP contribution in [0.2, 0.25) is 0 Å². The number of hydrogen-bond acceptors (Lipinski definition) is 2. The zero-order valence-electron chi connectivity index (χ0n) is 9.34. The van der Waals surface area contributed by atoms with Crippen molar-refractivity contribution in [2.75, 3.05) is 6.54 Å². The van der Waals surface area contributed by atoms with Gasteiger partial charge in [-0.1, -0.05) is 40.5 Å². The first kappa shape index (κ1) is 11.0. The number of nitrogens with one attached hydrogen (secondary N) is 1. The van der Waals surface area contributed by atoms with E-state index in [1.807, 2.05) is 0 Å². The fourth-order valence-corrected chi connectivity index (χ4v) is 2.00. The summed E-state index contributed by atoms with van der Waals surface area (Å²) in [6.45, 7) is 9.94. The predicted octanol–water partition coefficient (Wildman–Crippen LogP) is 2.39. The number of hydrogen-bond donors (Lipinski definition) is 1. The van der Waals surface area contributed by atoms with Gasteiger partial charge in [-0.2, -0.15) is 0 Å². The minimum absolute atomic E-state index is 0.283. The Labute approximate surface area is 82.0 Å². The summed E-state index contributed by atoms with van der Waals surface area (Å²) in [4.78, 5) is 0. The molecule has 0 saturated carbocycles. The molecule has 2 nitrogen and oxygen atoms in total. The van der Waals surface area contributed by atoms with Gasteiger partial charge in [-0.3, -0.25) is 5.32 Å². The highest BCUT2D eigenvalue weighted by Gasteiger charge is 2.30. The van der Waals surface area contributed by atoms with Crippen LogP contribution < -0.4 is 5.32 Å². The average molecular weight is 185 g/mol. The Bertz CT molecular complexity index is 143. The highest BCUT2D eigenvalue weighted by Crippen LogP contribution is 2.22. The van der Waals surface area contributed by atoms with Gasteiger partial charge in [-0.15, -0.1) is 0 Å². The van der Waals surface area contributed by atoms with Crippen LogP contribution in [0, 0.1) is 11.8 Å². The van der Waals surface area contributed by atoms with E-state index in [1.165, 1.54) is 12.8 Å². The summed E-state index contributed by atoms with van der Waals surface area (Å²) in [5.41, 5.74) is 0. The van der Waals surface area contributed by atoms with E-state index in [4.69, 9.17) is 4.74 Å². The Balaban J connectivity index is 2.39. The second kappa shape index (κ2) is 4.97. The van der Waals surface area contributed by atoms with Crippen molar-refractivity contribution in [3.8, 4) is 0 Å². The van der Waals surface area contributed by atoms with Crippen molar-refractivity contribution in [3.63, 3.8) is 0 Å². The Hall–Kier alpha value is -0.0800. The minimum Gasteiger partial charge on any atom is -0.358 e. The maximum Gasteiger partial charge on any atom is 0.110 e. The van der Waals surface area contributed by atoms with Crippen LogP contribution in [0.25, 0.3) is 0 Å². The van der Waals surface area contributed by atoms with Crippen molar-refractivity contribution < 1.29 is 4.74 Å². The van der Waals surface area contributed by atoms with E-state index in [9.17, 15) is 0 Å². The molecule has 0 aromatic heterocycles. The molecule has 2 unspecified atom stereocenters. The van der Waals surface area contributed by atoms with Gasteiger partial charge < -0.3 is 4.74 Å². The van der Waals surface area contributed by atoms with Crippen molar-refractivity contribution in [3.05, 3.63) is 0 Å². The molecule has 1 aliphatic heterocycles. The van der Waals surface area contributed by atoms with Crippen LogP contribution in [0.15, 0.2) is 0 Å². The molecule has 0 aromatic rings. The first-order valence-corrected chi connectivity index (χ1v) is 5.57. The molecule has 78 valence electrons. The molecular formula is C11H23NO. The second-order valence-electron chi connectivity index (χ2n) is 4.32. The van der Waals surface area contributed by atoms with Crippen LogP contribution >= 0.6 is 0 Å². The van der Waals surface area contributed by atoms with E-state index < -0.39 is 0 Å². The first-order valence-electron chi connectivity index (χ1n) is 5.57. The summed E-state index contributed by atoms with van der Waals surface area (Å²) >= 11 is 0. The summed E-state index contributed by atoms with van der Waals surface area (Å²) in [5, 5.41) is 3.43. The summed E-state index contributed by atoms with van der Waals surface area (Å²) < 4.78 is 5.96. The van der Waals surface area contributed by atoms with Crippen LogP contribution in [0.5, 0.6) is 0 Å². The highest BCUT2D eigenvalue weighted by atomic mass is 16.5. The zero-order chi connectivity index (χ0) is 9.84. The van der Waals surface area contributed by atoms with Gasteiger partial charge in [0.1, 0.15) is 6.23 Å². The maximum atomic E-state index is 5.96. The number of ether oxygens (including phenoxy) is 1. The molecule has 1 rings (SSSR count). The SMILES string of the molecule is CCC(CC)C1CNC(C(C)C)O1. The first-order chi connectivity index (χ1) is 6.19. The normalized spacial score (nSPS) is 29.1. The fraction of sp³-hybridized carbons (Fsp3) is 1.00. The van der Waals surface area contributed by atoms with Gasteiger partial charge in [0, 0.05) is 6.54 Å². The summed E-state index contributed by atoms with van der Waals surface area (Å²) in [7, 11) is 0. The molecule has 13 heavy (non-hydrogen) atoms. The van der Waals surface area contributed by atoms with Crippen LogP contribution in [-0.4, -0.2) is 18.9 Å². The van der Waals surface area contributed by atoms with Crippen molar-refractivity contribution in [1.29, 1.82) is 0 Å². The third-order valence-corrected chi connectivity index (χ3v) is 3.02. The smallest absolute Gasteiger partial charge is 0.110 e. The van der Waals surface area contributed by atoms with Crippen molar-refractivity contribution in [2.24, 2.45) is 11.8 Å². The van der Waals surface area contributed by atoms with E-state index in [2.05, 4.69) is 33.0 Å². The summed E-state index contributed by atoms with van der Waals surface area (Å²) in [6, 6.07) is 0. The third-order valence-electron chi connectivity index (χ3n) is 3.02. The van der Waals surface area contributed by atoms with Crippen LogP contribution in [0.1, 0.15) is 40.5 Å². The monoisotopic (exact) mass is 185 g/mol. The lowest BCUT2D eigenvalue weighted by Crippen LogP contribution is -2.27. The van der Waals surface area contributed by atoms with Gasteiger partial charge in [-0.05, 0) is 11.8 Å². The fourth-order valence-electron chi connectivity index (χ4n) is 2.00. The Morgan fingerprint density at radius 1 is 1.31 bits per heavy atom. The van der Waals surface area contributed by atoms with E-state index in [1.54, 1.807) is 0 Å². The molecule has 0 spiro atoms.